The van der Waals surface area contributed by atoms with Gasteiger partial charge in [-0.1, -0.05) is 39.0 Å². The molecule has 1 rings (SSSR count). The molecule has 0 fully saturated rings. The number of nitrogens with one attached hydrogen (secondary N) is 1. The highest BCUT2D eigenvalue weighted by Crippen LogP contribution is 2.28. The highest BCUT2D eigenvalue weighted by atomic mass is 16.4. The number of benzene rings is 1. The average Bonchev–Trinajstić information content (AvgIpc) is 2.29. The van der Waals surface area contributed by atoms with E-state index >= 15 is 0 Å². The highest BCUT2D eigenvalue weighted by Gasteiger charge is 2.17. The molecule has 3 heteroatoms. The van der Waals surface area contributed by atoms with E-state index in [1.165, 1.54) is 16.7 Å². The zero-order chi connectivity index (χ0) is 14.6. The quantitative estimate of drug-likeness (QED) is 0.855. The van der Waals surface area contributed by atoms with Crippen molar-refractivity contribution in [3.05, 3.63) is 34.9 Å². The lowest BCUT2D eigenvalue weighted by molar-refractivity contribution is -0.137. The Labute approximate surface area is 116 Å². The van der Waals surface area contributed by atoms with Crippen molar-refractivity contribution in [3.63, 3.8) is 0 Å². The van der Waals surface area contributed by atoms with Crippen molar-refractivity contribution in [1.29, 1.82) is 0 Å². The van der Waals surface area contributed by atoms with Gasteiger partial charge in [0.25, 0.3) is 0 Å². The molecule has 1 aromatic rings. The molecule has 1 aromatic carbocycles. The maximum absolute atomic E-state index is 10.7. The average molecular weight is 263 g/mol. The van der Waals surface area contributed by atoms with E-state index in [0.29, 0.717) is 6.42 Å². The monoisotopic (exact) mass is 263 g/mol. The zero-order valence-corrected chi connectivity index (χ0v) is 12.6. The third-order valence-electron chi connectivity index (χ3n) is 3.51. The molecule has 0 bridgehead atoms. The SMILES string of the molecule is CNC(CCC(=O)O)c1ccc(C(C)(C)C)cc1C. The fraction of sp³-hybridized carbons (Fsp3) is 0.562. The number of carbonyl (C=O) groups is 1. The molecule has 0 aliphatic carbocycles. The van der Waals surface area contributed by atoms with E-state index in [1.54, 1.807) is 0 Å². The lowest BCUT2D eigenvalue weighted by atomic mass is 9.84. The van der Waals surface area contributed by atoms with Gasteiger partial charge in [0.05, 0.1) is 0 Å². The minimum Gasteiger partial charge on any atom is -0.481 e. The number of aliphatic carboxylic acids is 1. The van der Waals surface area contributed by atoms with Crippen molar-refractivity contribution < 1.29 is 9.90 Å². The molecule has 0 saturated carbocycles. The molecule has 0 aliphatic rings. The molecular formula is C16H25NO2. The van der Waals surface area contributed by atoms with Crippen LogP contribution in [0, 0.1) is 6.92 Å². The molecule has 106 valence electrons. The van der Waals surface area contributed by atoms with Gasteiger partial charge in [-0.25, -0.2) is 0 Å². The third-order valence-corrected chi connectivity index (χ3v) is 3.51. The molecule has 0 radical (unpaired) electrons. The summed E-state index contributed by atoms with van der Waals surface area (Å²) in [5.41, 5.74) is 3.86. The standard InChI is InChI=1S/C16H25NO2/c1-11-10-12(16(2,3)4)6-7-13(11)14(17-5)8-9-15(18)19/h6-7,10,14,17H,8-9H2,1-5H3,(H,18,19). The van der Waals surface area contributed by atoms with Crippen molar-refractivity contribution in [2.75, 3.05) is 7.05 Å². The van der Waals surface area contributed by atoms with Crippen LogP contribution in [0.4, 0.5) is 0 Å². The summed E-state index contributed by atoms with van der Waals surface area (Å²) < 4.78 is 0. The maximum atomic E-state index is 10.7. The van der Waals surface area contributed by atoms with Crippen LogP contribution in [-0.2, 0) is 10.2 Å². The second kappa shape index (κ2) is 6.20. The summed E-state index contributed by atoms with van der Waals surface area (Å²) in [5.74, 6) is -0.746. The molecule has 19 heavy (non-hydrogen) atoms. The van der Waals surface area contributed by atoms with Crippen LogP contribution in [0.3, 0.4) is 0 Å². The predicted octanol–water partition coefficient (Wildman–Crippen LogP) is 3.42. The molecule has 1 unspecified atom stereocenters. The van der Waals surface area contributed by atoms with Crippen molar-refractivity contribution in [2.24, 2.45) is 0 Å². The van der Waals surface area contributed by atoms with E-state index < -0.39 is 5.97 Å². The Kier molecular flexibility index (Phi) is 5.12. The van der Waals surface area contributed by atoms with Gasteiger partial charge >= 0.3 is 5.97 Å². The first kappa shape index (κ1) is 15.7. The van der Waals surface area contributed by atoms with Crippen LogP contribution in [0.2, 0.25) is 0 Å². The van der Waals surface area contributed by atoms with Gasteiger partial charge in [0.1, 0.15) is 0 Å². The van der Waals surface area contributed by atoms with Crippen LogP contribution < -0.4 is 5.32 Å². The van der Waals surface area contributed by atoms with E-state index in [0.717, 1.165) is 0 Å². The minimum absolute atomic E-state index is 0.102. The van der Waals surface area contributed by atoms with E-state index in [1.807, 2.05) is 7.05 Å². The maximum Gasteiger partial charge on any atom is 0.303 e. The molecular weight excluding hydrogens is 238 g/mol. The van der Waals surface area contributed by atoms with Crippen molar-refractivity contribution in [2.45, 2.75) is 52.0 Å². The third kappa shape index (κ3) is 4.35. The summed E-state index contributed by atoms with van der Waals surface area (Å²) in [5, 5.41) is 12.0. The van der Waals surface area contributed by atoms with Crippen LogP contribution in [0.15, 0.2) is 18.2 Å². The first-order valence-electron chi connectivity index (χ1n) is 6.75. The van der Waals surface area contributed by atoms with E-state index in [9.17, 15) is 4.79 Å². The molecule has 0 saturated heterocycles. The molecule has 0 amide bonds. The van der Waals surface area contributed by atoms with Gasteiger partial charge in [0.15, 0.2) is 0 Å². The molecule has 2 N–H and O–H groups in total. The van der Waals surface area contributed by atoms with Crippen molar-refractivity contribution >= 4 is 5.97 Å². The van der Waals surface area contributed by atoms with Crippen LogP contribution in [0.25, 0.3) is 0 Å². The molecule has 0 aliphatic heterocycles. The summed E-state index contributed by atoms with van der Waals surface area (Å²) in [7, 11) is 1.88. The normalized spacial score (nSPS) is 13.3. The zero-order valence-electron chi connectivity index (χ0n) is 12.6. The Morgan fingerprint density at radius 3 is 2.42 bits per heavy atom. The smallest absolute Gasteiger partial charge is 0.303 e. The number of hydrogen-bond acceptors (Lipinski definition) is 2. The van der Waals surface area contributed by atoms with E-state index in [4.69, 9.17) is 5.11 Å². The summed E-state index contributed by atoms with van der Waals surface area (Å²) >= 11 is 0. The van der Waals surface area contributed by atoms with Gasteiger partial charge < -0.3 is 10.4 Å². The highest BCUT2D eigenvalue weighted by molar-refractivity contribution is 5.66. The minimum atomic E-state index is -0.746. The van der Waals surface area contributed by atoms with Crippen LogP contribution in [0.5, 0.6) is 0 Å². The lowest BCUT2D eigenvalue weighted by Gasteiger charge is -2.23. The van der Waals surface area contributed by atoms with Gasteiger partial charge in [-0.3, -0.25) is 4.79 Å². The van der Waals surface area contributed by atoms with Crippen molar-refractivity contribution in [1.82, 2.24) is 5.32 Å². The second-order valence-corrected chi connectivity index (χ2v) is 6.10. The van der Waals surface area contributed by atoms with Gasteiger partial charge in [-0.2, -0.15) is 0 Å². The number of carboxylic acid groups (broad SMARTS) is 1. The number of hydrogen-bond donors (Lipinski definition) is 2. The molecule has 0 heterocycles. The Balaban J connectivity index is 2.96. The van der Waals surface area contributed by atoms with Gasteiger partial charge in [-0.15, -0.1) is 0 Å². The first-order valence-corrected chi connectivity index (χ1v) is 6.75. The number of aryl methyl sites for hydroxylation is 1. The van der Waals surface area contributed by atoms with E-state index in [2.05, 4.69) is 51.2 Å². The largest absolute Gasteiger partial charge is 0.481 e. The summed E-state index contributed by atoms with van der Waals surface area (Å²) in [6, 6.07) is 6.58. The predicted molar refractivity (Wildman–Crippen MR) is 78.5 cm³/mol. The molecule has 3 nitrogen and oxygen atoms in total. The van der Waals surface area contributed by atoms with Gasteiger partial charge in [0.2, 0.25) is 0 Å². The fourth-order valence-corrected chi connectivity index (χ4v) is 2.26. The molecule has 0 aromatic heterocycles. The first-order chi connectivity index (χ1) is 8.75. The number of rotatable bonds is 5. The van der Waals surface area contributed by atoms with E-state index in [-0.39, 0.29) is 17.9 Å². The van der Waals surface area contributed by atoms with Crippen LogP contribution in [0.1, 0.15) is 56.3 Å². The number of carboxylic acids is 1. The molecule has 0 spiro atoms. The topological polar surface area (TPSA) is 49.3 Å². The summed E-state index contributed by atoms with van der Waals surface area (Å²) in [4.78, 5) is 10.7. The summed E-state index contributed by atoms with van der Waals surface area (Å²) in [6.45, 7) is 8.68. The Bertz CT molecular complexity index is 447. The Morgan fingerprint density at radius 2 is 2.00 bits per heavy atom. The Hall–Kier alpha value is -1.35. The lowest BCUT2D eigenvalue weighted by Crippen LogP contribution is -2.19. The second-order valence-electron chi connectivity index (χ2n) is 6.10. The van der Waals surface area contributed by atoms with Crippen molar-refractivity contribution in [3.8, 4) is 0 Å². The Morgan fingerprint density at radius 1 is 1.37 bits per heavy atom. The van der Waals surface area contributed by atoms with Gasteiger partial charge in [-0.05, 0) is 42.5 Å². The van der Waals surface area contributed by atoms with Crippen LogP contribution >= 0.6 is 0 Å². The van der Waals surface area contributed by atoms with Gasteiger partial charge in [0, 0.05) is 12.5 Å². The van der Waals surface area contributed by atoms with Crippen LogP contribution in [-0.4, -0.2) is 18.1 Å². The summed E-state index contributed by atoms with van der Waals surface area (Å²) in [6.07, 6.45) is 0.799. The molecule has 1 atom stereocenters. The fourth-order valence-electron chi connectivity index (χ4n) is 2.26.